The number of nitrogens with one attached hydrogen (secondary N) is 1. The van der Waals surface area contributed by atoms with E-state index < -0.39 is 0 Å². The molecule has 1 saturated heterocycles. The number of rotatable bonds is 4. The van der Waals surface area contributed by atoms with Gasteiger partial charge < -0.3 is 9.47 Å². The molecule has 0 aliphatic carbocycles. The molecule has 0 radical (unpaired) electrons. The van der Waals surface area contributed by atoms with Gasteiger partial charge in [-0.05, 0) is 17.7 Å². The van der Waals surface area contributed by atoms with Crippen molar-refractivity contribution >= 4 is 0 Å². The third-order valence-corrected chi connectivity index (χ3v) is 2.87. The smallest absolute Gasteiger partial charge is 0.118 e. The molecular formula is C13H15NO2. The zero-order valence-electron chi connectivity index (χ0n) is 9.32. The van der Waals surface area contributed by atoms with E-state index in [-0.39, 0.29) is 5.54 Å². The van der Waals surface area contributed by atoms with Crippen LogP contribution in [0.25, 0.3) is 0 Å². The van der Waals surface area contributed by atoms with Crippen molar-refractivity contribution in [2.45, 2.75) is 5.54 Å². The number of terminal acetylenes is 1. The Morgan fingerprint density at radius 3 is 2.56 bits per heavy atom. The van der Waals surface area contributed by atoms with Crippen LogP contribution in [0.1, 0.15) is 5.56 Å². The maximum atomic E-state index is 5.28. The summed E-state index contributed by atoms with van der Waals surface area (Å²) in [5, 5.41) is 3.33. The van der Waals surface area contributed by atoms with Gasteiger partial charge in [-0.2, -0.15) is 0 Å². The fourth-order valence-electron chi connectivity index (χ4n) is 1.81. The second-order valence-electron chi connectivity index (χ2n) is 3.86. The lowest BCUT2D eigenvalue weighted by Gasteiger charge is -2.42. The van der Waals surface area contributed by atoms with Crippen LogP contribution in [0.4, 0.5) is 0 Å². The molecule has 16 heavy (non-hydrogen) atoms. The van der Waals surface area contributed by atoms with Crippen LogP contribution in [0.2, 0.25) is 0 Å². The molecule has 84 valence electrons. The molecule has 0 aromatic heterocycles. The summed E-state index contributed by atoms with van der Waals surface area (Å²) in [5.41, 5.74) is 1.08. The monoisotopic (exact) mass is 217 g/mol. The maximum Gasteiger partial charge on any atom is 0.118 e. The van der Waals surface area contributed by atoms with E-state index in [1.807, 2.05) is 24.3 Å². The van der Waals surface area contributed by atoms with Gasteiger partial charge in [-0.1, -0.05) is 18.1 Å². The van der Waals surface area contributed by atoms with Gasteiger partial charge in [0.1, 0.15) is 5.75 Å². The normalized spacial score (nSPS) is 17.2. The van der Waals surface area contributed by atoms with Crippen molar-refractivity contribution < 1.29 is 9.47 Å². The zero-order chi connectivity index (χ0) is 11.4. The molecule has 0 atom stereocenters. The van der Waals surface area contributed by atoms with Gasteiger partial charge in [-0.25, -0.2) is 0 Å². The van der Waals surface area contributed by atoms with Crippen molar-refractivity contribution in [2.75, 3.05) is 26.9 Å². The third-order valence-electron chi connectivity index (χ3n) is 2.87. The molecule has 0 bridgehead atoms. The third kappa shape index (κ3) is 1.90. The number of ether oxygens (including phenoxy) is 2. The lowest BCUT2D eigenvalue weighted by Crippen LogP contribution is -2.57. The highest BCUT2D eigenvalue weighted by atomic mass is 16.5. The molecule has 1 aliphatic heterocycles. The lowest BCUT2D eigenvalue weighted by atomic mass is 9.88. The van der Waals surface area contributed by atoms with Gasteiger partial charge in [0.05, 0.1) is 32.4 Å². The minimum Gasteiger partial charge on any atom is -0.497 e. The van der Waals surface area contributed by atoms with Crippen LogP contribution < -0.4 is 10.1 Å². The summed E-state index contributed by atoms with van der Waals surface area (Å²) >= 11 is 0. The van der Waals surface area contributed by atoms with E-state index in [4.69, 9.17) is 15.9 Å². The predicted molar refractivity (Wildman–Crippen MR) is 62.3 cm³/mol. The first kappa shape index (κ1) is 11.0. The summed E-state index contributed by atoms with van der Waals surface area (Å²) in [4.78, 5) is 0. The standard InChI is InChI=1S/C13H15NO2/c1-3-8-14-13(9-16-10-13)11-4-6-12(15-2)7-5-11/h1,4-7,14H,8-10H2,2H3. The maximum absolute atomic E-state index is 5.28. The minimum atomic E-state index is -0.112. The predicted octanol–water partition coefficient (Wildman–Crippen LogP) is 1.14. The van der Waals surface area contributed by atoms with Crippen LogP contribution in [0.15, 0.2) is 24.3 Å². The Kier molecular flexibility index (Phi) is 3.14. The summed E-state index contributed by atoms with van der Waals surface area (Å²) in [6, 6.07) is 8.00. The van der Waals surface area contributed by atoms with E-state index in [2.05, 4.69) is 11.2 Å². The molecule has 1 aliphatic rings. The van der Waals surface area contributed by atoms with E-state index in [9.17, 15) is 0 Å². The van der Waals surface area contributed by atoms with Crippen LogP contribution in [-0.4, -0.2) is 26.9 Å². The molecule has 0 amide bonds. The molecule has 1 N–H and O–H groups in total. The van der Waals surface area contributed by atoms with Gasteiger partial charge >= 0.3 is 0 Å². The Balaban J connectivity index is 2.16. The lowest BCUT2D eigenvalue weighted by molar-refractivity contribution is -0.0766. The van der Waals surface area contributed by atoms with E-state index in [0.29, 0.717) is 19.8 Å². The number of methoxy groups -OCH3 is 1. The fraction of sp³-hybridized carbons (Fsp3) is 0.385. The molecule has 0 spiro atoms. The largest absolute Gasteiger partial charge is 0.497 e. The molecule has 3 nitrogen and oxygen atoms in total. The molecule has 0 saturated carbocycles. The van der Waals surface area contributed by atoms with Crippen LogP contribution in [0, 0.1) is 12.3 Å². The van der Waals surface area contributed by atoms with Crippen molar-refractivity contribution in [3.8, 4) is 18.1 Å². The molecule has 0 unspecified atom stereocenters. The van der Waals surface area contributed by atoms with Crippen LogP contribution in [0.5, 0.6) is 5.75 Å². The molecular weight excluding hydrogens is 202 g/mol. The first-order valence-electron chi connectivity index (χ1n) is 5.21. The van der Waals surface area contributed by atoms with Crippen LogP contribution >= 0.6 is 0 Å². The first-order chi connectivity index (χ1) is 7.80. The highest BCUT2D eigenvalue weighted by Gasteiger charge is 2.39. The molecule has 3 heteroatoms. The van der Waals surface area contributed by atoms with Crippen molar-refractivity contribution in [3.63, 3.8) is 0 Å². The van der Waals surface area contributed by atoms with E-state index >= 15 is 0 Å². The Bertz CT molecular complexity index is 387. The molecule has 2 rings (SSSR count). The minimum absolute atomic E-state index is 0.112. The van der Waals surface area contributed by atoms with Crippen molar-refractivity contribution in [1.29, 1.82) is 0 Å². The molecule has 1 heterocycles. The zero-order valence-corrected chi connectivity index (χ0v) is 9.32. The summed E-state index contributed by atoms with van der Waals surface area (Å²) < 4.78 is 10.4. The number of hydrogen-bond acceptors (Lipinski definition) is 3. The molecule has 1 aromatic rings. The highest BCUT2D eigenvalue weighted by molar-refractivity contribution is 5.33. The van der Waals surface area contributed by atoms with E-state index in [1.165, 1.54) is 5.56 Å². The second kappa shape index (κ2) is 4.56. The van der Waals surface area contributed by atoms with Crippen molar-refractivity contribution in [1.82, 2.24) is 5.32 Å². The van der Waals surface area contributed by atoms with E-state index in [1.54, 1.807) is 7.11 Å². The first-order valence-corrected chi connectivity index (χ1v) is 5.21. The number of hydrogen-bond donors (Lipinski definition) is 1. The second-order valence-corrected chi connectivity index (χ2v) is 3.86. The summed E-state index contributed by atoms with van der Waals surface area (Å²) in [6.07, 6.45) is 5.26. The van der Waals surface area contributed by atoms with Gasteiger partial charge in [0.25, 0.3) is 0 Å². The Labute approximate surface area is 95.8 Å². The molecule has 1 fully saturated rings. The van der Waals surface area contributed by atoms with E-state index in [0.717, 1.165) is 5.75 Å². The SMILES string of the molecule is C#CCNC1(c2ccc(OC)cc2)COC1. The topological polar surface area (TPSA) is 30.5 Å². The summed E-state index contributed by atoms with van der Waals surface area (Å²) in [5.74, 6) is 3.45. The number of benzene rings is 1. The van der Waals surface area contributed by atoms with Crippen LogP contribution in [0.3, 0.4) is 0 Å². The molecule has 1 aromatic carbocycles. The highest BCUT2D eigenvalue weighted by Crippen LogP contribution is 2.30. The van der Waals surface area contributed by atoms with Gasteiger partial charge in [0.15, 0.2) is 0 Å². The fourth-order valence-corrected chi connectivity index (χ4v) is 1.81. The van der Waals surface area contributed by atoms with Gasteiger partial charge in [-0.3, -0.25) is 5.32 Å². The average molecular weight is 217 g/mol. The quantitative estimate of drug-likeness (QED) is 0.767. The van der Waals surface area contributed by atoms with Gasteiger partial charge in [0.2, 0.25) is 0 Å². The Morgan fingerprint density at radius 1 is 1.44 bits per heavy atom. The van der Waals surface area contributed by atoms with Crippen molar-refractivity contribution in [3.05, 3.63) is 29.8 Å². The average Bonchev–Trinajstić information content (AvgIpc) is 2.29. The van der Waals surface area contributed by atoms with Gasteiger partial charge in [-0.15, -0.1) is 6.42 Å². The Hall–Kier alpha value is -1.50. The Morgan fingerprint density at radius 2 is 2.12 bits per heavy atom. The van der Waals surface area contributed by atoms with Crippen LogP contribution in [-0.2, 0) is 10.3 Å². The van der Waals surface area contributed by atoms with Crippen molar-refractivity contribution in [2.24, 2.45) is 0 Å². The van der Waals surface area contributed by atoms with Gasteiger partial charge in [0, 0.05) is 0 Å². The summed E-state index contributed by atoms with van der Waals surface area (Å²) in [7, 11) is 1.66. The summed E-state index contributed by atoms with van der Waals surface area (Å²) in [6.45, 7) is 1.89.